The number of aromatic nitrogens is 1. The van der Waals surface area contributed by atoms with Gasteiger partial charge in [0, 0.05) is 10.9 Å². The van der Waals surface area contributed by atoms with E-state index in [1.54, 1.807) is 23.6 Å². The Morgan fingerprint density at radius 1 is 1.11 bits per heavy atom. The molecular formula is C26H21FN4O4S. The number of hydrogen-bond acceptors (Lipinski definition) is 7. The van der Waals surface area contributed by atoms with Gasteiger partial charge in [-0.2, -0.15) is 5.10 Å². The summed E-state index contributed by atoms with van der Waals surface area (Å²) in [5.74, 6) is 0.665. The second kappa shape index (κ2) is 9.74. The van der Waals surface area contributed by atoms with Gasteiger partial charge in [-0.05, 0) is 41.8 Å². The maximum atomic E-state index is 14.7. The lowest BCUT2D eigenvalue weighted by atomic mass is 10.0. The SMILES string of the molecule is CC(C)c1ccc(N=c2scc(-c3ccccc3F)n2N=Cc2cc3c(cc2[N+](=O)[O-])OCO3)cc1. The minimum atomic E-state index is -0.513. The molecule has 3 aromatic carbocycles. The van der Waals surface area contributed by atoms with Crippen molar-refractivity contribution in [2.45, 2.75) is 19.8 Å². The summed E-state index contributed by atoms with van der Waals surface area (Å²) in [7, 11) is 0. The quantitative estimate of drug-likeness (QED) is 0.177. The van der Waals surface area contributed by atoms with Crippen molar-refractivity contribution in [3.63, 3.8) is 0 Å². The molecule has 0 spiro atoms. The smallest absolute Gasteiger partial charge is 0.282 e. The summed E-state index contributed by atoms with van der Waals surface area (Å²) in [6.45, 7) is 4.22. The van der Waals surface area contributed by atoms with E-state index in [1.165, 1.54) is 46.0 Å². The summed E-state index contributed by atoms with van der Waals surface area (Å²) in [5, 5.41) is 17.9. The Bertz CT molecular complexity index is 1540. The summed E-state index contributed by atoms with van der Waals surface area (Å²) in [5.41, 5.74) is 2.73. The summed E-state index contributed by atoms with van der Waals surface area (Å²) in [6, 6.07) is 17.0. The number of thiazole rings is 1. The Labute approximate surface area is 209 Å². The second-order valence-corrected chi connectivity index (χ2v) is 9.16. The van der Waals surface area contributed by atoms with Gasteiger partial charge in [0.05, 0.1) is 34.1 Å². The number of hydrogen-bond donors (Lipinski definition) is 0. The van der Waals surface area contributed by atoms with Crippen LogP contribution in [-0.2, 0) is 0 Å². The van der Waals surface area contributed by atoms with Crippen LogP contribution in [0.5, 0.6) is 11.5 Å². The summed E-state index contributed by atoms with van der Waals surface area (Å²) in [6.07, 6.45) is 1.35. The van der Waals surface area contributed by atoms with Crippen molar-refractivity contribution in [2.75, 3.05) is 6.79 Å². The minimum Gasteiger partial charge on any atom is -0.454 e. The molecule has 0 radical (unpaired) electrons. The van der Waals surface area contributed by atoms with Crippen LogP contribution in [0, 0.1) is 15.9 Å². The Hall–Kier alpha value is -4.31. The number of nitrogens with zero attached hydrogens (tertiary/aromatic N) is 4. The molecule has 36 heavy (non-hydrogen) atoms. The Morgan fingerprint density at radius 2 is 1.83 bits per heavy atom. The zero-order valence-corrected chi connectivity index (χ0v) is 20.2. The molecule has 0 fully saturated rings. The van der Waals surface area contributed by atoms with Crippen molar-refractivity contribution in [3.8, 4) is 22.8 Å². The van der Waals surface area contributed by atoms with E-state index in [0.717, 1.165) is 0 Å². The van der Waals surface area contributed by atoms with E-state index >= 15 is 0 Å². The molecule has 0 saturated heterocycles. The van der Waals surface area contributed by atoms with Gasteiger partial charge in [-0.3, -0.25) is 10.1 Å². The summed E-state index contributed by atoms with van der Waals surface area (Å²) in [4.78, 5) is 16.3. The molecule has 0 N–H and O–H groups in total. The molecular weight excluding hydrogens is 483 g/mol. The lowest BCUT2D eigenvalue weighted by Gasteiger charge is -2.06. The van der Waals surface area contributed by atoms with Crippen LogP contribution in [0.25, 0.3) is 11.3 Å². The Morgan fingerprint density at radius 3 is 2.53 bits per heavy atom. The molecule has 4 aromatic rings. The first-order chi connectivity index (χ1) is 17.4. The van der Waals surface area contributed by atoms with Gasteiger partial charge in [0.15, 0.2) is 11.5 Å². The fourth-order valence-electron chi connectivity index (χ4n) is 3.72. The monoisotopic (exact) mass is 504 g/mol. The molecule has 0 saturated carbocycles. The number of nitro groups is 1. The maximum Gasteiger partial charge on any atom is 0.282 e. The van der Waals surface area contributed by atoms with Crippen LogP contribution in [0.4, 0.5) is 15.8 Å². The van der Waals surface area contributed by atoms with E-state index in [2.05, 4.69) is 18.9 Å². The van der Waals surface area contributed by atoms with Crippen LogP contribution >= 0.6 is 11.3 Å². The van der Waals surface area contributed by atoms with E-state index in [0.29, 0.717) is 39.2 Å². The Kier molecular flexibility index (Phi) is 6.34. The number of halogens is 1. The number of fused-ring (bicyclic) bond motifs is 1. The average Bonchev–Trinajstić information content (AvgIpc) is 3.49. The van der Waals surface area contributed by atoms with Crippen molar-refractivity contribution in [1.82, 2.24) is 4.68 Å². The minimum absolute atomic E-state index is 0.0115. The van der Waals surface area contributed by atoms with Crippen LogP contribution < -0.4 is 14.3 Å². The first-order valence-corrected chi connectivity index (χ1v) is 12.0. The number of rotatable bonds is 6. The topological polar surface area (TPSA) is 91.2 Å². The van der Waals surface area contributed by atoms with Crippen molar-refractivity contribution >= 4 is 28.9 Å². The van der Waals surface area contributed by atoms with Crippen LogP contribution in [0.1, 0.15) is 30.9 Å². The van der Waals surface area contributed by atoms with Gasteiger partial charge in [0.2, 0.25) is 11.6 Å². The van der Waals surface area contributed by atoms with E-state index in [4.69, 9.17) is 14.5 Å². The molecule has 8 nitrogen and oxygen atoms in total. The third kappa shape index (κ3) is 4.63. The highest BCUT2D eigenvalue weighted by Crippen LogP contribution is 2.37. The molecule has 182 valence electrons. The van der Waals surface area contributed by atoms with Gasteiger partial charge in [-0.25, -0.2) is 14.1 Å². The predicted molar refractivity (Wildman–Crippen MR) is 136 cm³/mol. The number of nitro benzene ring substituents is 1. The van der Waals surface area contributed by atoms with Gasteiger partial charge in [-0.15, -0.1) is 11.3 Å². The van der Waals surface area contributed by atoms with Gasteiger partial charge < -0.3 is 9.47 Å². The first kappa shape index (κ1) is 23.4. The fourth-order valence-corrected chi connectivity index (χ4v) is 4.56. The van der Waals surface area contributed by atoms with Crippen molar-refractivity contribution in [3.05, 3.63) is 97.9 Å². The second-order valence-electron chi connectivity index (χ2n) is 8.32. The number of ether oxygens (including phenoxy) is 2. The van der Waals surface area contributed by atoms with Gasteiger partial charge >= 0.3 is 0 Å². The van der Waals surface area contributed by atoms with Crippen LogP contribution in [0.2, 0.25) is 0 Å². The van der Waals surface area contributed by atoms with Crippen LogP contribution in [-0.4, -0.2) is 22.6 Å². The predicted octanol–water partition coefficient (Wildman–Crippen LogP) is 6.23. The van der Waals surface area contributed by atoms with Crippen LogP contribution in [0.3, 0.4) is 0 Å². The molecule has 2 heterocycles. The summed E-state index contributed by atoms with van der Waals surface area (Å²) < 4.78 is 26.8. The molecule has 0 amide bonds. The largest absolute Gasteiger partial charge is 0.454 e. The molecule has 0 bridgehead atoms. The normalized spacial score (nSPS) is 13.2. The fraction of sp³-hybridized carbons (Fsp3) is 0.154. The molecule has 1 aliphatic rings. The van der Waals surface area contributed by atoms with E-state index in [1.807, 2.05) is 24.3 Å². The molecule has 5 rings (SSSR count). The van der Waals surface area contributed by atoms with Gasteiger partial charge in [0.1, 0.15) is 5.82 Å². The third-order valence-corrected chi connectivity index (χ3v) is 6.47. The van der Waals surface area contributed by atoms with Crippen molar-refractivity contribution in [1.29, 1.82) is 0 Å². The van der Waals surface area contributed by atoms with Gasteiger partial charge in [-0.1, -0.05) is 38.1 Å². The van der Waals surface area contributed by atoms with E-state index in [-0.39, 0.29) is 18.0 Å². The third-order valence-electron chi connectivity index (χ3n) is 5.65. The Balaban J connectivity index is 1.64. The highest BCUT2D eigenvalue weighted by molar-refractivity contribution is 7.07. The molecule has 0 unspecified atom stereocenters. The lowest BCUT2D eigenvalue weighted by molar-refractivity contribution is -0.385. The summed E-state index contributed by atoms with van der Waals surface area (Å²) >= 11 is 1.29. The first-order valence-electron chi connectivity index (χ1n) is 11.1. The van der Waals surface area contributed by atoms with E-state index in [9.17, 15) is 14.5 Å². The highest BCUT2D eigenvalue weighted by atomic mass is 32.1. The zero-order chi connectivity index (χ0) is 25.2. The van der Waals surface area contributed by atoms with E-state index < -0.39 is 10.7 Å². The maximum absolute atomic E-state index is 14.7. The average molecular weight is 505 g/mol. The molecule has 0 aliphatic carbocycles. The van der Waals surface area contributed by atoms with Gasteiger partial charge in [0.25, 0.3) is 5.69 Å². The lowest BCUT2D eigenvalue weighted by Crippen LogP contribution is -2.12. The zero-order valence-electron chi connectivity index (χ0n) is 19.4. The molecule has 1 aliphatic heterocycles. The molecule has 10 heteroatoms. The standard InChI is InChI=1S/C26H21FN4O4S/c1-16(2)17-7-9-19(10-8-17)29-26-30(23(14-36-26)20-5-3-4-6-21(20)27)28-13-18-11-24-25(35-15-34-24)12-22(18)31(32)33/h3-14,16H,15H2,1-2H3. The van der Waals surface area contributed by atoms with Crippen molar-refractivity contribution in [2.24, 2.45) is 10.1 Å². The highest BCUT2D eigenvalue weighted by Gasteiger charge is 2.23. The van der Waals surface area contributed by atoms with Crippen molar-refractivity contribution < 1.29 is 18.8 Å². The number of benzene rings is 3. The van der Waals surface area contributed by atoms with Crippen LogP contribution in [0.15, 0.2) is 76.1 Å². The molecule has 1 aromatic heterocycles. The molecule has 0 atom stereocenters.